The van der Waals surface area contributed by atoms with Crippen LogP contribution in [0, 0.1) is 0 Å². The monoisotopic (exact) mass is 257 g/mol. The minimum Gasteiger partial charge on any atom is -0.389 e. The second-order valence-electron chi connectivity index (χ2n) is 6.67. The van der Waals surface area contributed by atoms with Crippen molar-refractivity contribution in [2.24, 2.45) is 5.73 Å². The molecule has 4 nitrogen and oxygen atoms in total. The van der Waals surface area contributed by atoms with E-state index in [1.54, 1.807) is 0 Å². The Morgan fingerprint density at radius 3 is 2.50 bits per heavy atom. The molecule has 1 aliphatic heterocycles. The Morgan fingerprint density at radius 1 is 1.28 bits per heavy atom. The summed E-state index contributed by atoms with van der Waals surface area (Å²) in [5, 5.41) is 9.83. The minimum atomic E-state index is -0.679. The van der Waals surface area contributed by atoms with Crippen molar-refractivity contribution in [3.63, 3.8) is 0 Å². The normalized spacial score (nSPS) is 25.0. The number of hydrogen-bond acceptors (Lipinski definition) is 4. The third-order valence-corrected chi connectivity index (χ3v) is 4.27. The van der Waals surface area contributed by atoms with Crippen LogP contribution < -0.4 is 5.73 Å². The van der Waals surface area contributed by atoms with Gasteiger partial charge < -0.3 is 15.7 Å². The number of nitrogens with two attached hydrogens (primary N) is 1. The van der Waals surface area contributed by atoms with Gasteiger partial charge in [-0.25, -0.2) is 0 Å². The molecule has 0 aromatic rings. The number of rotatable bonds is 6. The van der Waals surface area contributed by atoms with Gasteiger partial charge in [-0.3, -0.25) is 4.90 Å². The first-order valence-corrected chi connectivity index (χ1v) is 7.13. The van der Waals surface area contributed by atoms with Gasteiger partial charge in [-0.2, -0.15) is 0 Å². The smallest absolute Gasteiger partial charge is 0.0741 e. The molecular formula is C14H31N3O. The van der Waals surface area contributed by atoms with Gasteiger partial charge in [0.15, 0.2) is 0 Å². The average molecular weight is 257 g/mol. The van der Waals surface area contributed by atoms with E-state index in [-0.39, 0.29) is 5.54 Å². The summed E-state index contributed by atoms with van der Waals surface area (Å²) in [6.07, 6.45) is 3.01. The summed E-state index contributed by atoms with van der Waals surface area (Å²) >= 11 is 0. The van der Waals surface area contributed by atoms with Gasteiger partial charge in [-0.05, 0) is 53.6 Å². The number of piperazine rings is 1. The van der Waals surface area contributed by atoms with Crippen LogP contribution in [-0.2, 0) is 0 Å². The first kappa shape index (κ1) is 15.9. The molecule has 0 aliphatic carbocycles. The molecule has 4 heteroatoms. The van der Waals surface area contributed by atoms with Crippen molar-refractivity contribution in [3.05, 3.63) is 0 Å². The van der Waals surface area contributed by atoms with Crippen molar-refractivity contribution in [1.82, 2.24) is 9.80 Å². The highest BCUT2D eigenvalue weighted by molar-refractivity contribution is 4.88. The fourth-order valence-electron chi connectivity index (χ4n) is 2.48. The predicted molar refractivity (Wildman–Crippen MR) is 76.7 cm³/mol. The second kappa shape index (κ2) is 6.33. The van der Waals surface area contributed by atoms with Crippen LogP contribution in [0.2, 0.25) is 0 Å². The maximum Gasteiger partial charge on any atom is 0.0741 e. The summed E-state index contributed by atoms with van der Waals surface area (Å²) in [5.41, 5.74) is 5.12. The summed E-state index contributed by atoms with van der Waals surface area (Å²) in [5.74, 6) is 0. The van der Waals surface area contributed by atoms with E-state index in [0.717, 1.165) is 45.4 Å². The molecule has 1 heterocycles. The minimum absolute atomic E-state index is 0.279. The average Bonchev–Trinajstić information content (AvgIpc) is 2.29. The van der Waals surface area contributed by atoms with Crippen molar-refractivity contribution >= 4 is 0 Å². The van der Waals surface area contributed by atoms with Gasteiger partial charge >= 0.3 is 0 Å². The molecule has 1 saturated heterocycles. The first-order valence-electron chi connectivity index (χ1n) is 7.13. The zero-order valence-corrected chi connectivity index (χ0v) is 12.6. The van der Waals surface area contributed by atoms with Crippen LogP contribution in [0.5, 0.6) is 0 Å². The van der Waals surface area contributed by atoms with E-state index in [0.29, 0.717) is 6.54 Å². The van der Waals surface area contributed by atoms with Gasteiger partial charge in [0, 0.05) is 31.7 Å². The molecule has 108 valence electrons. The van der Waals surface area contributed by atoms with Gasteiger partial charge in [-0.15, -0.1) is 0 Å². The Morgan fingerprint density at radius 2 is 1.94 bits per heavy atom. The lowest BCUT2D eigenvalue weighted by molar-refractivity contribution is 0.0347. The second-order valence-corrected chi connectivity index (χ2v) is 6.67. The quantitative estimate of drug-likeness (QED) is 0.694. The summed E-state index contributed by atoms with van der Waals surface area (Å²) in [4.78, 5) is 4.97. The Labute approximate surface area is 112 Å². The first-order chi connectivity index (χ1) is 8.27. The van der Waals surface area contributed by atoms with Crippen LogP contribution in [0.25, 0.3) is 0 Å². The molecule has 0 radical (unpaired) electrons. The molecule has 0 spiro atoms. The lowest BCUT2D eigenvalue weighted by Gasteiger charge is -2.45. The largest absolute Gasteiger partial charge is 0.389 e. The van der Waals surface area contributed by atoms with Crippen LogP contribution in [0.4, 0.5) is 0 Å². The fraction of sp³-hybridized carbons (Fsp3) is 1.00. The molecule has 0 bridgehead atoms. The standard InChI is InChI=1S/C14H31N3O/c1-13(2)12-17(10-9-16(13)4)8-6-5-7-14(3,18)11-15/h18H,5-12,15H2,1-4H3. The van der Waals surface area contributed by atoms with Crippen molar-refractivity contribution in [2.45, 2.75) is 51.2 Å². The van der Waals surface area contributed by atoms with E-state index in [1.807, 2.05) is 6.92 Å². The molecule has 0 aromatic heterocycles. The SMILES string of the molecule is CN1CCN(CCCCC(C)(O)CN)CC1(C)C. The molecule has 1 atom stereocenters. The summed E-state index contributed by atoms with van der Waals surface area (Å²) < 4.78 is 0. The van der Waals surface area contributed by atoms with E-state index in [2.05, 4.69) is 30.7 Å². The zero-order chi connectivity index (χ0) is 13.8. The highest BCUT2D eigenvalue weighted by Crippen LogP contribution is 2.19. The van der Waals surface area contributed by atoms with Crippen LogP contribution >= 0.6 is 0 Å². The van der Waals surface area contributed by atoms with Crippen LogP contribution in [-0.4, -0.2) is 65.8 Å². The lowest BCUT2D eigenvalue weighted by atomic mass is 9.97. The van der Waals surface area contributed by atoms with Crippen LogP contribution in [0.15, 0.2) is 0 Å². The zero-order valence-electron chi connectivity index (χ0n) is 12.6. The van der Waals surface area contributed by atoms with Crippen LogP contribution in [0.3, 0.4) is 0 Å². The Bertz CT molecular complexity index is 253. The Kier molecular flexibility index (Phi) is 5.59. The van der Waals surface area contributed by atoms with Crippen molar-refractivity contribution in [3.8, 4) is 0 Å². The summed E-state index contributed by atoms with van der Waals surface area (Å²) in [6, 6.07) is 0. The Balaban J connectivity index is 2.21. The number of likely N-dealkylation sites (N-methyl/N-ethyl adjacent to an activating group) is 1. The van der Waals surface area contributed by atoms with Crippen LogP contribution in [0.1, 0.15) is 40.0 Å². The molecular weight excluding hydrogens is 226 g/mol. The molecule has 0 aromatic carbocycles. The molecule has 3 N–H and O–H groups in total. The van der Waals surface area contributed by atoms with Crippen molar-refractivity contribution < 1.29 is 5.11 Å². The molecule has 18 heavy (non-hydrogen) atoms. The highest BCUT2D eigenvalue weighted by atomic mass is 16.3. The van der Waals surface area contributed by atoms with Crippen molar-refractivity contribution in [2.75, 3.05) is 39.8 Å². The number of unbranched alkanes of at least 4 members (excludes halogenated alkanes) is 1. The summed E-state index contributed by atoms with van der Waals surface area (Å²) in [6.45, 7) is 11.4. The number of aliphatic hydroxyl groups is 1. The Hall–Kier alpha value is -0.160. The maximum atomic E-state index is 9.83. The third kappa shape index (κ3) is 4.84. The molecule has 1 rings (SSSR count). The fourth-order valence-corrected chi connectivity index (χ4v) is 2.48. The molecule has 0 amide bonds. The molecule has 1 fully saturated rings. The van der Waals surface area contributed by atoms with E-state index < -0.39 is 5.60 Å². The highest BCUT2D eigenvalue weighted by Gasteiger charge is 2.30. The van der Waals surface area contributed by atoms with Gasteiger partial charge in [0.2, 0.25) is 0 Å². The maximum absolute atomic E-state index is 9.83. The predicted octanol–water partition coefficient (Wildman–Crippen LogP) is 0.892. The summed E-state index contributed by atoms with van der Waals surface area (Å²) in [7, 11) is 2.20. The van der Waals surface area contributed by atoms with Gasteiger partial charge in [0.25, 0.3) is 0 Å². The molecule has 1 aliphatic rings. The van der Waals surface area contributed by atoms with E-state index >= 15 is 0 Å². The van der Waals surface area contributed by atoms with E-state index in [4.69, 9.17) is 5.73 Å². The number of hydrogen-bond donors (Lipinski definition) is 2. The lowest BCUT2D eigenvalue weighted by Crippen LogP contribution is -2.57. The number of nitrogens with zero attached hydrogens (tertiary/aromatic N) is 2. The molecule has 0 saturated carbocycles. The molecule has 1 unspecified atom stereocenters. The van der Waals surface area contributed by atoms with Crippen molar-refractivity contribution in [1.29, 1.82) is 0 Å². The van der Waals surface area contributed by atoms with Gasteiger partial charge in [0.05, 0.1) is 5.60 Å². The van der Waals surface area contributed by atoms with E-state index in [1.165, 1.54) is 0 Å². The third-order valence-electron chi connectivity index (χ3n) is 4.27. The topological polar surface area (TPSA) is 52.7 Å². The van der Waals surface area contributed by atoms with E-state index in [9.17, 15) is 5.11 Å². The van der Waals surface area contributed by atoms with Gasteiger partial charge in [-0.1, -0.05) is 0 Å². The van der Waals surface area contributed by atoms with Gasteiger partial charge in [0.1, 0.15) is 0 Å².